The van der Waals surface area contributed by atoms with Crippen molar-refractivity contribution in [1.82, 2.24) is 19.9 Å². The molecule has 2 saturated carbocycles. The van der Waals surface area contributed by atoms with Crippen molar-refractivity contribution in [3.05, 3.63) is 47.7 Å². The highest BCUT2D eigenvalue weighted by Crippen LogP contribution is 2.49. The number of halogens is 2. The van der Waals surface area contributed by atoms with E-state index in [-0.39, 0.29) is 47.1 Å². The molecule has 278 valence electrons. The summed E-state index contributed by atoms with van der Waals surface area (Å²) in [5.41, 5.74) is -0.588. The Morgan fingerprint density at radius 1 is 1.10 bits per heavy atom. The van der Waals surface area contributed by atoms with Gasteiger partial charge in [-0.15, -0.1) is 0 Å². The number of phenolic OH excluding ortho intramolecular Hbond substituents is 1. The van der Waals surface area contributed by atoms with Crippen LogP contribution in [-0.4, -0.2) is 101 Å². The third-order valence-corrected chi connectivity index (χ3v) is 12.1. The number of likely N-dealkylation sites (tertiary alicyclic amines) is 1. The lowest BCUT2D eigenvalue weighted by Crippen LogP contribution is -2.54. The van der Waals surface area contributed by atoms with Gasteiger partial charge >= 0.3 is 6.01 Å². The molecule has 2 saturated heterocycles. The molecule has 4 aromatic rings. The van der Waals surface area contributed by atoms with E-state index in [1.54, 1.807) is 26.2 Å². The van der Waals surface area contributed by atoms with E-state index in [0.717, 1.165) is 58.0 Å². The minimum Gasteiger partial charge on any atom is -0.508 e. The number of hydrogen-bond acceptors (Lipinski definition) is 10. The van der Waals surface area contributed by atoms with Gasteiger partial charge in [-0.05, 0) is 98.9 Å². The lowest BCUT2D eigenvalue weighted by molar-refractivity contribution is -0.0457. The van der Waals surface area contributed by atoms with E-state index in [0.29, 0.717) is 71.8 Å². The number of nitrogens with zero attached hydrogens (tertiary/aromatic N) is 5. The molecule has 0 spiro atoms. The summed E-state index contributed by atoms with van der Waals surface area (Å²) in [5.74, 6) is -0.162. The van der Waals surface area contributed by atoms with Crippen LogP contribution in [0.25, 0.3) is 32.9 Å². The van der Waals surface area contributed by atoms with Gasteiger partial charge in [0.2, 0.25) is 0 Å². The zero-order chi connectivity index (χ0) is 36.2. The molecule has 2 N–H and O–H groups in total. The lowest BCUT2D eigenvalue weighted by Gasteiger charge is -2.48. The zero-order valence-corrected chi connectivity index (χ0v) is 30.3. The zero-order valence-electron chi connectivity index (χ0n) is 30.3. The summed E-state index contributed by atoms with van der Waals surface area (Å²) >= 11 is 0. The van der Waals surface area contributed by atoms with Crippen LogP contribution in [0.3, 0.4) is 0 Å². The van der Waals surface area contributed by atoms with E-state index < -0.39 is 17.2 Å². The molecule has 8 rings (SSSR count). The number of hydrogen-bond donors (Lipinski definition) is 2. The fourth-order valence-corrected chi connectivity index (χ4v) is 9.52. The topological polar surface area (TPSA) is 113 Å². The number of pyridine rings is 1. The molecule has 4 heterocycles. The van der Waals surface area contributed by atoms with Crippen LogP contribution in [0.1, 0.15) is 64.4 Å². The number of piperidine rings is 1. The smallest absolute Gasteiger partial charge is 0.319 e. The standard InChI is InChI=1S/C40H49F2N5O5/c1-4-28-31(41)9-8-25-17-26(48)18-29(33(25)28)35-34(42)36-30(19-43-35)37(47-13-14-51-22-39(2,49)21-47)45-38(44-36)52-23-40-10-5-7-32(40)46(12-6-11-40)20-24-15-27(16-24)50-3/h8-9,17-19,24,27,32,48-49H,4-7,10-16,20-23H2,1-3H3/t24?,27?,32-,39?,40-/m1/s1. The number of β-amino-alcohol motifs (C(OH)–C–C–N with tert-alkyl or cyclic N) is 1. The second kappa shape index (κ2) is 13.9. The number of aryl methyl sites for hydroxylation is 1. The molecular formula is C40H49F2N5O5. The van der Waals surface area contributed by atoms with Gasteiger partial charge in [0.1, 0.15) is 34.2 Å². The minimum atomic E-state index is -1.17. The molecule has 52 heavy (non-hydrogen) atoms. The molecule has 0 amide bonds. The first-order valence-electron chi connectivity index (χ1n) is 18.8. The van der Waals surface area contributed by atoms with Crippen molar-refractivity contribution in [2.24, 2.45) is 11.3 Å². The van der Waals surface area contributed by atoms with Crippen LogP contribution in [-0.2, 0) is 15.9 Å². The van der Waals surface area contributed by atoms with E-state index in [2.05, 4.69) is 9.88 Å². The van der Waals surface area contributed by atoms with Crippen molar-refractivity contribution in [1.29, 1.82) is 0 Å². The van der Waals surface area contributed by atoms with Crippen molar-refractivity contribution in [2.45, 2.75) is 83.0 Å². The minimum absolute atomic E-state index is 0.00387. The molecule has 4 aliphatic rings. The molecule has 0 radical (unpaired) electrons. The number of fused-ring (bicyclic) bond motifs is 3. The number of phenols is 1. The molecule has 2 aromatic carbocycles. The maximum atomic E-state index is 17.1. The number of aliphatic hydroxyl groups is 1. The van der Waals surface area contributed by atoms with Gasteiger partial charge in [-0.25, -0.2) is 8.78 Å². The van der Waals surface area contributed by atoms with Crippen LogP contribution in [0.2, 0.25) is 0 Å². The second-order valence-electron chi connectivity index (χ2n) is 15.8. The Morgan fingerprint density at radius 2 is 1.92 bits per heavy atom. The summed E-state index contributed by atoms with van der Waals surface area (Å²) in [6.07, 6.45) is 9.94. The summed E-state index contributed by atoms with van der Waals surface area (Å²) in [4.78, 5) is 18.7. The highest BCUT2D eigenvalue weighted by Gasteiger charge is 2.49. The van der Waals surface area contributed by atoms with E-state index >= 15 is 8.78 Å². The first-order valence-corrected chi connectivity index (χ1v) is 18.8. The van der Waals surface area contributed by atoms with Gasteiger partial charge in [-0.2, -0.15) is 9.97 Å². The van der Waals surface area contributed by atoms with Crippen LogP contribution in [0.5, 0.6) is 11.8 Å². The third kappa shape index (κ3) is 6.45. The van der Waals surface area contributed by atoms with Crippen molar-refractivity contribution in [2.75, 3.05) is 58.0 Å². The van der Waals surface area contributed by atoms with Crippen molar-refractivity contribution in [3.8, 4) is 23.0 Å². The van der Waals surface area contributed by atoms with Crippen LogP contribution in [0.4, 0.5) is 14.6 Å². The van der Waals surface area contributed by atoms with Crippen molar-refractivity contribution in [3.63, 3.8) is 0 Å². The second-order valence-corrected chi connectivity index (χ2v) is 15.8. The van der Waals surface area contributed by atoms with Crippen LogP contribution in [0, 0.1) is 23.0 Å². The Kier molecular flexibility index (Phi) is 9.46. The van der Waals surface area contributed by atoms with Gasteiger partial charge in [0.05, 0.1) is 37.9 Å². The number of aromatic hydroxyl groups is 1. The van der Waals surface area contributed by atoms with E-state index in [1.807, 2.05) is 11.8 Å². The quantitative estimate of drug-likeness (QED) is 0.201. The maximum Gasteiger partial charge on any atom is 0.319 e. The largest absolute Gasteiger partial charge is 0.508 e. The number of methoxy groups -OCH3 is 1. The van der Waals surface area contributed by atoms with Gasteiger partial charge in [0, 0.05) is 43.4 Å². The SMILES string of the molecule is CCc1c(F)ccc2cc(O)cc(-c3ncc4c(N5CCOCC(C)(O)C5)nc(OC[C@]56CCC[C@H]5N(CC5CC(OC)C5)CCC6)nc4c3F)c12. The summed E-state index contributed by atoms with van der Waals surface area (Å²) in [7, 11) is 1.80. The Hall–Kier alpha value is -3.71. The Morgan fingerprint density at radius 3 is 2.73 bits per heavy atom. The third-order valence-electron chi connectivity index (χ3n) is 12.1. The van der Waals surface area contributed by atoms with Gasteiger partial charge < -0.3 is 29.3 Å². The first kappa shape index (κ1) is 35.3. The number of anilines is 1. The highest BCUT2D eigenvalue weighted by molar-refractivity contribution is 6.01. The van der Waals surface area contributed by atoms with Gasteiger partial charge in [0.15, 0.2) is 5.82 Å². The fraction of sp³-hybridized carbons (Fsp3) is 0.575. The van der Waals surface area contributed by atoms with Gasteiger partial charge in [-0.1, -0.05) is 19.4 Å². The monoisotopic (exact) mass is 717 g/mol. The molecule has 2 aromatic heterocycles. The number of aromatic nitrogens is 3. The molecule has 1 unspecified atom stereocenters. The fourth-order valence-electron chi connectivity index (χ4n) is 9.52. The summed E-state index contributed by atoms with van der Waals surface area (Å²) < 4.78 is 50.0. The molecular weight excluding hydrogens is 668 g/mol. The normalized spacial score (nSPS) is 28.2. The molecule has 4 fully saturated rings. The highest BCUT2D eigenvalue weighted by atomic mass is 19.1. The molecule has 2 aliphatic carbocycles. The molecule has 12 heteroatoms. The van der Waals surface area contributed by atoms with Gasteiger partial charge in [0.25, 0.3) is 0 Å². The average Bonchev–Trinajstić information content (AvgIpc) is 3.46. The number of rotatable bonds is 9. The van der Waals surface area contributed by atoms with Crippen LogP contribution in [0.15, 0.2) is 30.5 Å². The predicted molar refractivity (Wildman–Crippen MR) is 195 cm³/mol. The van der Waals surface area contributed by atoms with E-state index in [4.69, 9.17) is 24.2 Å². The van der Waals surface area contributed by atoms with Gasteiger partial charge in [-0.3, -0.25) is 9.88 Å². The van der Waals surface area contributed by atoms with Crippen molar-refractivity contribution >= 4 is 27.5 Å². The summed E-state index contributed by atoms with van der Waals surface area (Å²) in [5, 5.41) is 23.2. The molecule has 0 bridgehead atoms. The molecule has 2 aliphatic heterocycles. The maximum absolute atomic E-state index is 17.1. The summed E-state index contributed by atoms with van der Waals surface area (Å²) in [6.45, 7) is 7.23. The average molecular weight is 718 g/mol. The Balaban J connectivity index is 1.19. The van der Waals surface area contributed by atoms with E-state index in [1.165, 1.54) is 18.3 Å². The first-order chi connectivity index (χ1) is 25.1. The lowest BCUT2D eigenvalue weighted by atomic mass is 9.74. The van der Waals surface area contributed by atoms with Crippen LogP contribution < -0.4 is 9.64 Å². The number of ether oxygens (including phenoxy) is 3. The Labute approximate surface area is 303 Å². The van der Waals surface area contributed by atoms with Crippen LogP contribution >= 0.6 is 0 Å². The molecule has 10 nitrogen and oxygen atoms in total. The van der Waals surface area contributed by atoms with Crippen molar-refractivity contribution < 1.29 is 33.2 Å². The predicted octanol–water partition coefficient (Wildman–Crippen LogP) is 6.42. The Bertz CT molecular complexity index is 1970. The molecule has 3 atom stereocenters. The van der Waals surface area contributed by atoms with E-state index in [9.17, 15) is 10.2 Å². The summed E-state index contributed by atoms with van der Waals surface area (Å²) in [6, 6.07) is 6.37. The number of benzene rings is 2.